The number of rotatable bonds is 2. The standard InChI is InChI=1S/C15H19NO5/c1-9-6-13-14(21-5-4-20-13)7-10(9)15(18)16-11-2-3-19-8-12(11)17/h6-7,11-12,17H,2-5,8H2,1H3,(H,16,18)/t11-,12-/m1/s1. The molecular formula is C15H19NO5. The molecule has 1 amide bonds. The summed E-state index contributed by atoms with van der Waals surface area (Å²) in [6.07, 6.45) is -0.0588. The maximum Gasteiger partial charge on any atom is 0.251 e. The topological polar surface area (TPSA) is 77.0 Å². The molecule has 1 aromatic rings. The van der Waals surface area contributed by atoms with Crippen molar-refractivity contribution in [2.45, 2.75) is 25.5 Å². The van der Waals surface area contributed by atoms with Crippen LogP contribution in [0.2, 0.25) is 0 Å². The zero-order chi connectivity index (χ0) is 14.8. The maximum atomic E-state index is 12.4. The SMILES string of the molecule is Cc1cc2c(cc1C(=O)N[C@@H]1CCOC[C@H]1O)OCCO2. The average molecular weight is 293 g/mol. The van der Waals surface area contributed by atoms with E-state index in [0.29, 0.717) is 43.3 Å². The van der Waals surface area contributed by atoms with E-state index >= 15 is 0 Å². The van der Waals surface area contributed by atoms with Crippen molar-refractivity contribution >= 4 is 5.91 Å². The second-order valence-electron chi connectivity index (χ2n) is 5.32. The molecule has 0 unspecified atom stereocenters. The van der Waals surface area contributed by atoms with Gasteiger partial charge in [0.1, 0.15) is 13.2 Å². The molecule has 2 heterocycles. The molecule has 114 valence electrons. The summed E-state index contributed by atoms with van der Waals surface area (Å²) in [7, 11) is 0. The van der Waals surface area contributed by atoms with Gasteiger partial charge in [0.2, 0.25) is 0 Å². The molecule has 21 heavy (non-hydrogen) atoms. The van der Waals surface area contributed by atoms with E-state index in [0.717, 1.165) is 5.56 Å². The lowest BCUT2D eigenvalue weighted by Gasteiger charge is -2.28. The van der Waals surface area contributed by atoms with Crippen molar-refractivity contribution in [3.8, 4) is 11.5 Å². The Balaban J connectivity index is 1.77. The summed E-state index contributed by atoms with van der Waals surface area (Å²) >= 11 is 0. The van der Waals surface area contributed by atoms with Gasteiger partial charge in [-0.3, -0.25) is 4.79 Å². The lowest BCUT2D eigenvalue weighted by atomic mass is 10.0. The van der Waals surface area contributed by atoms with Crippen molar-refractivity contribution in [3.05, 3.63) is 23.3 Å². The summed E-state index contributed by atoms with van der Waals surface area (Å²) in [5.74, 6) is 1.04. The summed E-state index contributed by atoms with van der Waals surface area (Å²) in [4.78, 5) is 12.4. The molecule has 0 spiro atoms. The zero-order valence-electron chi connectivity index (χ0n) is 11.9. The molecule has 2 N–H and O–H groups in total. The number of aryl methyl sites for hydroxylation is 1. The van der Waals surface area contributed by atoms with Gasteiger partial charge in [-0.05, 0) is 31.0 Å². The van der Waals surface area contributed by atoms with Gasteiger partial charge in [-0.1, -0.05) is 0 Å². The van der Waals surface area contributed by atoms with Crippen molar-refractivity contribution in [1.82, 2.24) is 5.32 Å². The van der Waals surface area contributed by atoms with Crippen LogP contribution in [-0.2, 0) is 4.74 Å². The molecule has 2 atom stereocenters. The normalized spacial score (nSPS) is 24.5. The minimum atomic E-state index is -0.666. The molecule has 1 saturated heterocycles. The van der Waals surface area contributed by atoms with Gasteiger partial charge in [0.05, 0.1) is 18.8 Å². The Morgan fingerprint density at radius 3 is 2.67 bits per heavy atom. The van der Waals surface area contributed by atoms with Gasteiger partial charge < -0.3 is 24.6 Å². The Labute approximate surface area is 123 Å². The number of benzene rings is 1. The number of fused-ring (bicyclic) bond motifs is 1. The predicted octanol–water partition coefficient (Wildman–Crippen LogP) is 0.646. The fourth-order valence-electron chi connectivity index (χ4n) is 2.57. The van der Waals surface area contributed by atoms with Crippen LogP contribution in [0.3, 0.4) is 0 Å². The minimum Gasteiger partial charge on any atom is -0.486 e. The van der Waals surface area contributed by atoms with Crippen LogP contribution in [0.25, 0.3) is 0 Å². The van der Waals surface area contributed by atoms with Crippen LogP contribution in [0, 0.1) is 6.92 Å². The molecule has 2 aliphatic heterocycles. The molecule has 0 bridgehead atoms. The predicted molar refractivity (Wildman–Crippen MR) is 74.9 cm³/mol. The molecule has 2 aliphatic rings. The van der Waals surface area contributed by atoms with Crippen LogP contribution in [0.15, 0.2) is 12.1 Å². The smallest absolute Gasteiger partial charge is 0.251 e. The molecule has 0 saturated carbocycles. The van der Waals surface area contributed by atoms with Crippen molar-refractivity contribution in [3.63, 3.8) is 0 Å². The van der Waals surface area contributed by atoms with Crippen molar-refractivity contribution in [2.24, 2.45) is 0 Å². The fraction of sp³-hybridized carbons (Fsp3) is 0.533. The maximum absolute atomic E-state index is 12.4. The largest absolute Gasteiger partial charge is 0.486 e. The first-order valence-corrected chi connectivity index (χ1v) is 7.12. The Kier molecular flexibility index (Phi) is 3.98. The Bertz CT molecular complexity index is 545. The third kappa shape index (κ3) is 2.96. The molecule has 6 heteroatoms. The van der Waals surface area contributed by atoms with Crippen LogP contribution >= 0.6 is 0 Å². The second kappa shape index (κ2) is 5.91. The number of amides is 1. The lowest BCUT2D eigenvalue weighted by Crippen LogP contribution is -2.48. The van der Waals surface area contributed by atoms with Gasteiger partial charge in [0.25, 0.3) is 5.91 Å². The number of carbonyl (C=O) groups excluding carboxylic acids is 1. The molecule has 1 aromatic carbocycles. The highest BCUT2D eigenvalue weighted by Crippen LogP contribution is 2.33. The first kappa shape index (κ1) is 14.2. The van der Waals surface area contributed by atoms with E-state index < -0.39 is 6.10 Å². The molecule has 1 fully saturated rings. The Morgan fingerprint density at radius 2 is 1.95 bits per heavy atom. The van der Waals surface area contributed by atoms with Crippen LogP contribution in [-0.4, -0.2) is 49.6 Å². The number of hydrogen-bond acceptors (Lipinski definition) is 5. The molecular weight excluding hydrogens is 274 g/mol. The first-order valence-electron chi connectivity index (χ1n) is 7.12. The van der Waals surface area contributed by atoms with E-state index in [1.807, 2.05) is 13.0 Å². The molecule has 6 nitrogen and oxygen atoms in total. The summed E-state index contributed by atoms with van der Waals surface area (Å²) in [5.41, 5.74) is 1.36. The third-order valence-electron chi connectivity index (χ3n) is 3.78. The Hall–Kier alpha value is -1.79. The van der Waals surface area contributed by atoms with Crippen molar-refractivity contribution < 1.29 is 24.1 Å². The molecule has 3 rings (SSSR count). The quantitative estimate of drug-likeness (QED) is 0.837. The number of hydrogen-bond donors (Lipinski definition) is 2. The van der Waals surface area contributed by atoms with Gasteiger partial charge in [-0.25, -0.2) is 0 Å². The van der Waals surface area contributed by atoms with Crippen LogP contribution in [0.1, 0.15) is 22.3 Å². The van der Waals surface area contributed by atoms with E-state index in [2.05, 4.69) is 5.32 Å². The van der Waals surface area contributed by atoms with E-state index in [4.69, 9.17) is 14.2 Å². The lowest BCUT2D eigenvalue weighted by molar-refractivity contribution is -0.0260. The van der Waals surface area contributed by atoms with Crippen molar-refractivity contribution in [2.75, 3.05) is 26.4 Å². The first-order chi connectivity index (χ1) is 10.1. The number of aliphatic hydroxyl groups is 1. The third-order valence-corrected chi connectivity index (χ3v) is 3.78. The van der Waals surface area contributed by atoms with Gasteiger partial charge in [0, 0.05) is 12.2 Å². The van der Waals surface area contributed by atoms with Crippen molar-refractivity contribution in [1.29, 1.82) is 0 Å². The van der Waals surface area contributed by atoms with Gasteiger partial charge in [-0.15, -0.1) is 0 Å². The van der Waals surface area contributed by atoms with Crippen LogP contribution in [0.5, 0.6) is 11.5 Å². The molecule has 0 aromatic heterocycles. The van der Waals surface area contributed by atoms with Gasteiger partial charge in [-0.2, -0.15) is 0 Å². The summed E-state index contributed by atoms with van der Waals surface area (Å²) < 4.78 is 16.2. The highest BCUT2D eigenvalue weighted by atomic mass is 16.6. The molecule has 0 aliphatic carbocycles. The number of aliphatic hydroxyl groups excluding tert-OH is 1. The summed E-state index contributed by atoms with van der Waals surface area (Å²) in [6, 6.07) is 3.23. The summed E-state index contributed by atoms with van der Waals surface area (Å²) in [6.45, 7) is 3.66. The fourth-order valence-corrected chi connectivity index (χ4v) is 2.57. The number of carbonyl (C=O) groups is 1. The van der Waals surface area contributed by atoms with Crippen LogP contribution < -0.4 is 14.8 Å². The minimum absolute atomic E-state index is 0.213. The molecule has 0 radical (unpaired) electrons. The second-order valence-corrected chi connectivity index (χ2v) is 5.32. The average Bonchev–Trinajstić information content (AvgIpc) is 2.49. The van der Waals surface area contributed by atoms with E-state index in [1.54, 1.807) is 6.07 Å². The Morgan fingerprint density at radius 1 is 1.24 bits per heavy atom. The summed E-state index contributed by atoms with van der Waals surface area (Å²) in [5, 5.41) is 12.7. The number of nitrogens with one attached hydrogen (secondary N) is 1. The van der Waals surface area contributed by atoms with E-state index in [1.165, 1.54) is 0 Å². The van der Waals surface area contributed by atoms with Gasteiger partial charge >= 0.3 is 0 Å². The number of ether oxygens (including phenoxy) is 3. The van der Waals surface area contributed by atoms with E-state index in [-0.39, 0.29) is 18.6 Å². The van der Waals surface area contributed by atoms with E-state index in [9.17, 15) is 9.90 Å². The highest BCUT2D eigenvalue weighted by molar-refractivity contribution is 5.96. The monoisotopic (exact) mass is 293 g/mol. The highest BCUT2D eigenvalue weighted by Gasteiger charge is 2.26. The zero-order valence-corrected chi connectivity index (χ0v) is 11.9. The van der Waals surface area contributed by atoms with Crippen LogP contribution in [0.4, 0.5) is 0 Å². The van der Waals surface area contributed by atoms with Gasteiger partial charge in [0.15, 0.2) is 11.5 Å².